The maximum absolute atomic E-state index is 12.7. The van der Waals surface area contributed by atoms with E-state index >= 15 is 0 Å². The summed E-state index contributed by atoms with van der Waals surface area (Å²) in [6.07, 6.45) is -3.66. The van der Waals surface area contributed by atoms with Gasteiger partial charge in [0.2, 0.25) is 0 Å². The first-order chi connectivity index (χ1) is 8.65. The molecule has 1 aromatic carbocycles. The molecular weight excluding hydrogens is 323 g/mol. The summed E-state index contributed by atoms with van der Waals surface area (Å²) in [6, 6.07) is 4.11. The topological polar surface area (TPSA) is 21.3 Å². The van der Waals surface area contributed by atoms with E-state index in [0.29, 0.717) is 18.7 Å². The van der Waals surface area contributed by atoms with E-state index in [-0.39, 0.29) is 10.1 Å². The monoisotopic (exact) mass is 339 g/mol. The van der Waals surface area contributed by atoms with Gasteiger partial charge in [-0.3, -0.25) is 0 Å². The molecule has 1 aromatic rings. The molecule has 0 aliphatic rings. The maximum Gasteiger partial charge on any atom is 0.417 e. The summed E-state index contributed by atoms with van der Waals surface area (Å²) < 4.78 is 43.4. The van der Waals surface area contributed by atoms with Crippen LogP contribution >= 0.6 is 15.9 Å². The zero-order valence-electron chi connectivity index (χ0n) is 11.1. The molecule has 108 valence electrons. The number of hydrogen-bond donors (Lipinski definition) is 1. The first-order valence-electron chi connectivity index (χ1n) is 5.81. The third kappa shape index (κ3) is 5.03. The molecule has 0 heterocycles. The molecule has 0 amide bonds. The van der Waals surface area contributed by atoms with E-state index in [9.17, 15) is 13.2 Å². The van der Waals surface area contributed by atoms with Gasteiger partial charge in [-0.2, -0.15) is 13.2 Å². The molecule has 0 saturated heterocycles. The molecule has 19 heavy (non-hydrogen) atoms. The van der Waals surface area contributed by atoms with Crippen molar-refractivity contribution in [3.63, 3.8) is 0 Å². The summed E-state index contributed by atoms with van der Waals surface area (Å²) in [4.78, 5) is 0. The van der Waals surface area contributed by atoms with Crippen molar-refractivity contribution in [3.8, 4) is 0 Å². The van der Waals surface area contributed by atoms with Crippen molar-refractivity contribution >= 4 is 21.6 Å². The van der Waals surface area contributed by atoms with Crippen molar-refractivity contribution in [2.75, 3.05) is 19.0 Å². The van der Waals surface area contributed by atoms with Gasteiger partial charge in [0.1, 0.15) is 0 Å². The van der Waals surface area contributed by atoms with Crippen LogP contribution in [0.4, 0.5) is 18.9 Å². The third-order valence-electron chi connectivity index (χ3n) is 2.88. The standard InChI is InChI=1S/C13H17BrF3NO/c1-12(2,19-3)6-7-18-9-4-5-11(14)10(8-9)13(15,16)17/h4-5,8,18H,6-7H2,1-3H3. The van der Waals surface area contributed by atoms with Crippen LogP contribution in [0.1, 0.15) is 25.8 Å². The number of rotatable bonds is 5. The van der Waals surface area contributed by atoms with Gasteiger partial charge in [-0.15, -0.1) is 0 Å². The number of benzene rings is 1. The molecule has 0 spiro atoms. The Hall–Kier alpha value is -0.750. The van der Waals surface area contributed by atoms with E-state index in [4.69, 9.17) is 4.74 Å². The Morgan fingerprint density at radius 1 is 1.26 bits per heavy atom. The number of methoxy groups -OCH3 is 1. The molecule has 1 N–H and O–H groups in total. The first-order valence-corrected chi connectivity index (χ1v) is 6.61. The Labute approximate surface area is 119 Å². The van der Waals surface area contributed by atoms with Crippen molar-refractivity contribution in [1.29, 1.82) is 0 Å². The Kier molecular flexibility index (Phi) is 5.26. The minimum Gasteiger partial charge on any atom is -0.385 e. The Morgan fingerprint density at radius 3 is 2.42 bits per heavy atom. The van der Waals surface area contributed by atoms with Crippen LogP contribution in [0.5, 0.6) is 0 Å². The average Bonchev–Trinajstić information content (AvgIpc) is 2.30. The van der Waals surface area contributed by atoms with E-state index in [1.54, 1.807) is 13.2 Å². The number of nitrogens with one attached hydrogen (secondary N) is 1. The molecule has 0 radical (unpaired) electrons. The van der Waals surface area contributed by atoms with Crippen LogP contribution in [0.15, 0.2) is 22.7 Å². The summed E-state index contributed by atoms with van der Waals surface area (Å²) in [5.41, 5.74) is -0.527. The third-order valence-corrected chi connectivity index (χ3v) is 3.57. The number of anilines is 1. The fraction of sp³-hybridized carbons (Fsp3) is 0.538. The minimum atomic E-state index is -4.36. The minimum absolute atomic E-state index is 0.0442. The lowest BCUT2D eigenvalue weighted by atomic mass is 10.1. The molecule has 0 aliphatic heterocycles. The lowest BCUT2D eigenvalue weighted by molar-refractivity contribution is -0.138. The van der Waals surface area contributed by atoms with Gasteiger partial charge >= 0.3 is 6.18 Å². The van der Waals surface area contributed by atoms with Crippen molar-refractivity contribution in [3.05, 3.63) is 28.2 Å². The van der Waals surface area contributed by atoms with Crippen molar-refractivity contribution in [1.82, 2.24) is 0 Å². The molecule has 1 rings (SSSR count). The van der Waals surface area contributed by atoms with Crippen LogP contribution in [0.25, 0.3) is 0 Å². The number of hydrogen-bond acceptors (Lipinski definition) is 2. The van der Waals surface area contributed by atoms with Gasteiger partial charge in [0, 0.05) is 23.8 Å². The average molecular weight is 340 g/mol. The smallest absolute Gasteiger partial charge is 0.385 e. The molecule has 0 atom stereocenters. The van der Waals surface area contributed by atoms with E-state index in [1.165, 1.54) is 6.07 Å². The van der Waals surface area contributed by atoms with E-state index in [1.807, 2.05) is 13.8 Å². The van der Waals surface area contributed by atoms with Gasteiger partial charge in [-0.1, -0.05) is 15.9 Å². The van der Waals surface area contributed by atoms with Gasteiger partial charge in [-0.05, 0) is 38.5 Å². The van der Waals surface area contributed by atoms with Crippen LogP contribution in [0, 0.1) is 0 Å². The van der Waals surface area contributed by atoms with E-state index in [0.717, 1.165) is 6.07 Å². The normalized spacial score (nSPS) is 12.6. The highest BCUT2D eigenvalue weighted by molar-refractivity contribution is 9.10. The van der Waals surface area contributed by atoms with Crippen molar-refractivity contribution in [2.24, 2.45) is 0 Å². The highest BCUT2D eigenvalue weighted by Gasteiger charge is 2.33. The molecule has 6 heteroatoms. The molecule has 0 saturated carbocycles. The SMILES string of the molecule is COC(C)(C)CCNc1ccc(Br)c(C(F)(F)F)c1. The molecule has 0 bridgehead atoms. The zero-order valence-corrected chi connectivity index (χ0v) is 12.7. The Balaban J connectivity index is 2.71. The predicted molar refractivity (Wildman–Crippen MR) is 73.3 cm³/mol. The second kappa shape index (κ2) is 6.13. The lowest BCUT2D eigenvalue weighted by Gasteiger charge is -2.23. The molecule has 0 unspecified atom stereocenters. The van der Waals surface area contributed by atoms with Crippen LogP contribution in [0.2, 0.25) is 0 Å². The van der Waals surface area contributed by atoms with Gasteiger partial charge < -0.3 is 10.1 Å². The second-order valence-electron chi connectivity index (χ2n) is 4.83. The van der Waals surface area contributed by atoms with Crippen molar-refractivity contribution in [2.45, 2.75) is 32.0 Å². The summed E-state index contributed by atoms with van der Waals surface area (Å²) >= 11 is 2.91. The van der Waals surface area contributed by atoms with Gasteiger partial charge in [0.15, 0.2) is 0 Å². The van der Waals surface area contributed by atoms with Crippen LogP contribution in [0.3, 0.4) is 0 Å². The second-order valence-corrected chi connectivity index (χ2v) is 5.69. The largest absolute Gasteiger partial charge is 0.417 e. The Morgan fingerprint density at radius 2 is 1.89 bits per heavy atom. The number of alkyl halides is 3. The lowest BCUT2D eigenvalue weighted by Crippen LogP contribution is -2.25. The summed E-state index contributed by atoms with van der Waals surface area (Å²) in [5.74, 6) is 0. The quantitative estimate of drug-likeness (QED) is 0.839. The summed E-state index contributed by atoms with van der Waals surface area (Å²) in [7, 11) is 1.61. The number of halogens is 4. The molecular formula is C13H17BrF3NO. The van der Waals surface area contributed by atoms with Gasteiger partial charge in [-0.25, -0.2) is 0 Å². The molecule has 2 nitrogen and oxygen atoms in total. The molecule has 0 aromatic heterocycles. The first kappa shape index (κ1) is 16.3. The fourth-order valence-corrected chi connectivity index (χ4v) is 1.93. The van der Waals surface area contributed by atoms with E-state index in [2.05, 4.69) is 21.2 Å². The zero-order chi connectivity index (χ0) is 14.7. The van der Waals surface area contributed by atoms with Crippen LogP contribution in [-0.2, 0) is 10.9 Å². The predicted octanol–water partition coefficient (Wildman–Crippen LogP) is 4.69. The maximum atomic E-state index is 12.7. The Bertz CT molecular complexity index is 432. The molecule has 0 fully saturated rings. The summed E-state index contributed by atoms with van der Waals surface area (Å²) in [6.45, 7) is 4.40. The van der Waals surface area contributed by atoms with Gasteiger partial charge in [0.25, 0.3) is 0 Å². The van der Waals surface area contributed by atoms with Crippen LogP contribution < -0.4 is 5.32 Å². The fourth-order valence-electron chi connectivity index (χ4n) is 1.46. The van der Waals surface area contributed by atoms with E-state index < -0.39 is 11.7 Å². The highest BCUT2D eigenvalue weighted by atomic mass is 79.9. The molecule has 0 aliphatic carbocycles. The highest BCUT2D eigenvalue weighted by Crippen LogP contribution is 2.36. The summed E-state index contributed by atoms with van der Waals surface area (Å²) in [5, 5.41) is 2.97. The van der Waals surface area contributed by atoms with Crippen molar-refractivity contribution < 1.29 is 17.9 Å². The van der Waals surface area contributed by atoms with Gasteiger partial charge in [0.05, 0.1) is 11.2 Å². The van der Waals surface area contributed by atoms with Crippen LogP contribution in [-0.4, -0.2) is 19.3 Å². The number of ether oxygens (including phenoxy) is 1.